The van der Waals surface area contributed by atoms with E-state index in [9.17, 15) is 13.2 Å². The van der Waals surface area contributed by atoms with Crippen LogP contribution in [0.2, 0.25) is 0 Å². The molecule has 3 aromatic rings. The molecule has 6 rings (SSSR count). The molecule has 0 radical (unpaired) electrons. The van der Waals surface area contributed by atoms with E-state index in [0.29, 0.717) is 29.8 Å². The summed E-state index contributed by atoms with van der Waals surface area (Å²) in [4.78, 5) is 24.5. The van der Waals surface area contributed by atoms with Crippen molar-refractivity contribution in [1.29, 1.82) is 0 Å². The third kappa shape index (κ3) is 7.02. The van der Waals surface area contributed by atoms with Crippen LogP contribution in [0.4, 0.5) is 36.1 Å². The van der Waals surface area contributed by atoms with Crippen molar-refractivity contribution in [3.63, 3.8) is 0 Å². The van der Waals surface area contributed by atoms with Crippen molar-refractivity contribution in [2.45, 2.75) is 37.5 Å². The summed E-state index contributed by atoms with van der Waals surface area (Å²) >= 11 is 0. The summed E-state index contributed by atoms with van der Waals surface area (Å²) in [5.74, 6) is 1.47. The molecule has 0 bridgehead atoms. The predicted molar refractivity (Wildman–Crippen MR) is 169 cm³/mol. The van der Waals surface area contributed by atoms with Gasteiger partial charge >= 0.3 is 6.18 Å². The molecule has 0 amide bonds. The van der Waals surface area contributed by atoms with Crippen LogP contribution in [-0.2, 0) is 6.54 Å². The van der Waals surface area contributed by atoms with E-state index in [0.717, 1.165) is 67.1 Å². The number of pyridine rings is 2. The Labute approximate surface area is 255 Å². The molecule has 0 spiro atoms. The average Bonchev–Trinajstić information content (AvgIpc) is 3.87. The van der Waals surface area contributed by atoms with Crippen LogP contribution in [0, 0.1) is 0 Å². The molecule has 2 N–H and O–H groups in total. The number of aromatic nitrogens is 2. The maximum absolute atomic E-state index is 13.8. The van der Waals surface area contributed by atoms with Crippen LogP contribution in [0.3, 0.4) is 0 Å². The van der Waals surface area contributed by atoms with E-state index in [1.165, 1.54) is 0 Å². The van der Waals surface area contributed by atoms with Gasteiger partial charge < -0.3 is 25.3 Å². The van der Waals surface area contributed by atoms with Crippen molar-refractivity contribution in [3.8, 4) is 0 Å². The van der Waals surface area contributed by atoms with E-state index in [4.69, 9.17) is 4.99 Å². The van der Waals surface area contributed by atoms with E-state index >= 15 is 0 Å². The molecule has 44 heavy (non-hydrogen) atoms. The lowest BCUT2D eigenvalue weighted by Crippen LogP contribution is -2.58. The molecular weight excluding hydrogens is 567 g/mol. The van der Waals surface area contributed by atoms with Crippen LogP contribution in [0.15, 0.2) is 65.0 Å². The molecule has 2 aliphatic heterocycles. The van der Waals surface area contributed by atoms with Crippen molar-refractivity contribution in [1.82, 2.24) is 25.1 Å². The number of nitrogens with zero attached hydrogens (tertiary/aromatic N) is 7. The van der Waals surface area contributed by atoms with Crippen molar-refractivity contribution in [3.05, 3.63) is 71.7 Å². The highest BCUT2D eigenvalue weighted by Crippen LogP contribution is 2.44. The van der Waals surface area contributed by atoms with Crippen LogP contribution < -0.4 is 15.5 Å². The molecule has 4 heterocycles. The number of hydrogen-bond donors (Lipinski definition) is 2. The number of aliphatic imine (C=N–C) groups is 2. The molecule has 1 atom stereocenters. The van der Waals surface area contributed by atoms with Gasteiger partial charge in [-0.3, -0.25) is 15.0 Å². The summed E-state index contributed by atoms with van der Waals surface area (Å²) in [6.45, 7) is 8.35. The molecule has 1 unspecified atom stereocenters. The molecule has 2 saturated heterocycles. The van der Waals surface area contributed by atoms with E-state index in [1.54, 1.807) is 23.5 Å². The first kappa shape index (κ1) is 30.0. The summed E-state index contributed by atoms with van der Waals surface area (Å²) in [5, 5.41) is 6.03. The number of piperazine rings is 2. The Morgan fingerprint density at radius 1 is 1.09 bits per heavy atom. The highest BCUT2D eigenvalue weighted by Gasteiger charge is 2.43. The normalized spacial score (nSPS) is 20.1. The number of halogens is 3. The fourth-order valence-electron chi connectivity index (χ4n) is 5.83. The van der Waals surface area contributed by atoms with Crippen molar-refractivity contribution >= 4 is 35.4 Å². The summed E-state index contributed by atoms with van der Waals surface area (Å²) in [6.07, 6.45) is 2.77. The molecule has 9 nitrogen and oxygen atoms in total. The van der Waals surface area contributed by atoms with Crippen LogP contribution >= 0.6 is 0 Å². The second-order valence-electron chi connectivity index (χ2n) is 11.7. The molecule has 232 valence electrons. The minimum atomic E-state index is -4.37. The first-order valence-electron chi connectivity index (χ1n) is 15.1. The monoisotopic (exact) mass is 605 g/mol. The highest BCUT2D eigenvalue weighted by atomic mass is 19.4. The first-order chi connectivity index (χ1) is 21.3. The van der Waals surface area contributed by atoms with E-state index < -0.39 is 12.2 Å². The minimum absolute atomic E-state index is 0.195. The largest absolute Gasteiger partial charge is 0.405 e. The summed E-state index contributed by atoms with van der Waals surface area (Å²) < 4.78 is 41.3. The number of anilines is 3. The number of rotatable bonds is 8. The number of amidine groups is 1. The SMILES string of the molecule is C=Nc1cncc(C2CC2)c1C(=NCc1ccnc(Nc2cccc(N3CCN(C)CC3)c2)c1)N1CCNC(C(F)(F)F)C1. The lowest BCUT2D eigenvalue weighted by Gasteiger charge is -2.37. The van der Waals surface area contributed by atoms with E-state index in [1.807, 2.05) is 24.3 Å². The van der Waals surface area contributed by atoms with Crippen LogP contribution in [0.1, 0.15) is 35.4 Å². The molecule has 2 aromatic heterocycles. The Bertz CT molecular complexity index is 1500. The first-order valence-corrected chi connectivity index (χ1v) is 15.1. The summed E-state index contributed by atoms with van der Waals surface area (Å²) in [6, 6.07) is 10.5. The Hall–Kier alpha value is -4.03. The second-order valence-corrected chi connectivity index (χ2v) is 11.7. The summed E-state index contributed by atoms with van der Waals surface area (Å²) in [7, 11) is 2.14. The Kier molecular flexibility index (Phi) is 8.81. The predicted octanol–water partition coefficient (Wildman–Crippen LogP) is 4.96. The number of benzene rings is 1. The van der Waals surface area contributed by atoms with Crippen LogP contribution in [0.5, 0.6) is 0 Å². The van der Waals surface area contributed by atoms with Gasteiger partial charge in [-0.05, 0) is 74.0 Å². The highest BCUT2D eigenvalue weighted by molar-refractivity contribution is 6.04. The van der Waals surface area contributed by atoms with Gasteiger partial charge in [-0.2, -0.15) is 13.2 Å². The van der Waals surface area contributed by atoms with Gasteiger partial charge in [-0.25, -0.2) is 4.98 Å². The Balaban J connectivity index is 1.27. The maximum atomic E-state index is 13.8. The average molecular weight is 606 g/mol. The number of likely N-dealkylation sites (N-methyl/N-ethyl adjacent to an activating group) is 1. The molecular formula is C32H38F3N9. The van der Waals surface area contributed by atoms with Crippen molar-refractivity contribution in [2.24, 2.45) is 9.98 Å². The topological polar surface area (TPSA) is 84.3 Å². The second kappa shape index (κ2) is 12.9. The molecule has 1 aliphatic carbocycles. The molecule has 1 aromatic carbocycles. The molecule has 1 saturated carbocycles. The minimum Gasteiger partial charge on any atom is -0.369 e. The van der Waals surface area contributed by atoms with E-state index in [-0.39, 0.29) is 19.6 Å². The molecule has 3 aliphatic rings. The Morgan fingerprint density at radius 2 is 1.91 bits per heavy atom. The third-order valence-electron chi connectivity index (χ3n) is 8.46. The Morgan fingerprint density at radius 3 is 2.66 bits per heavy atom. The standard InChI is InChI=1S/C32H38F3N9/c1-36-27-20-37-19-26(23-6-7-23)30(27)31(44-11-10-38-28(21-44)32(33,34)35)40-18-22-8-9-39-29(16-22)41-24-4-3-5-25(17-24)43-14-12-42(2)13-15-43/h3-5,8-9,16-17,19-20,23,28,38H,1,6-7,10-15,18,21H2,2H3,(H,39,41). The zero-order valence-corrected chi connectivity index (χ0v) is 24.9. The number of nitrogens with one attached hydrogen (secondary N) is 2. The van der Waals surface area contributed by atoms with Gasteiger partial charge in [0.05, 0.1) is 18.4 Å². The van der Waals surface area contributed by atoms with Gasteiger partial charge in [0.2, 0.25) is 0 Å². The number of hydrogen-bond acceptors (Lipinski definition) is 8. The van der Waals surface area contributed by atoms with Crippen molar-refractivity contribution < 1.29 is 13.2 Å². The van der Waals surface area contributed by atoms with Crippen LogP contribution in [0.25, 0.3) is 0 Å². The van der Waals surface area contributed by atoms with Gasteiger partial charge in [0, 0.05) is 75.1 Å². The van der Waals surface area contributed by atoms with Gasteiger partial charge in [-0.1, -0.05) is 6.07 Å². The quantitative estimate of drug-likeness (QED) is 0.277. The lowest BCUT2D eigenvalue weighted by molar-refractivity contribution is -0.161. The lowest BCUT2D eigenvalue weighted by atomic mass is 10.0. The fraction of sp³-hybridized carbons (Fsp3) is 0.438. The van der Waals surface area contributed by atoms with Gasteiger partial charge in [0.15, 0.2) is 0 Å². The molecule has 3 fully saturated rings. The van der Waals surface area contributed by atoms with Crippen molar-refractivity contribution in [2.75, 3.05) is 63.1 Å². The zero-order chi connectivity index (χ0) is 30.7. The zero-order valence-electron chi connectivity index (χ0n) is 24.9. The summed E-state index contributed by atoms with van der Waals surface area (Å²) in [5.41, 5.74) is 5.21. The fourth-order valence-corrected chi connectivity index (χ4v) is 5.83. The third-order valence-corrected chi connectivity index (χ3v) is 8.46. The van der Waals surface area contributed by atoms with Gasteiger partial charge in [0.1, 0.15) is 17.7 Å². The van der Waals surface area contributed by atoms with E-state index in [2.05, 4.69) is 61.3 Å². The smallest absolute Gasteiger partial charge is 0.369 e. The van der Waals surface area contributed by atoms with Gasteiger partial charge in [-0.15, -0.1) is 0 Å². The van der Waals surface area contributed by atoms with Crippen LogP contribution in [-0.4, -0.2) is 97.4 Å². The number of alkyl halides is 3. The van der Waals surface area contributed by atoms with Gasteiger partial charge in [0.25, 0.3) is 0 Å². The maximum Gasteiger partial charge on any atom is 0.405 e. The molecule has 12 heteroatoms.